The van der Waals surface area contributed by atoms with Crippen molar-refractivity contribution in [2.24, 2.45) is 0 Å². The lowest BCUT2D eigenvalue weighted by Gasteiger charge is -2.16. The number of nitrogens with one attached hydrogen (secondary N) is 2. The summed E-state index contributed by atoms with van der Waals surface area (Å²) in [5, 5.41) is 6.10. The fraction of sp³-hybridized carbons (Fsp3) is 0.200. The molecule has 2 aromatic rings. The van der Waals surface area contributed by atoms with Crippen LogP contribution in [0.4, 0.5) is 5.69 Å². The fourth-order valence-electron chi connectivity index (χ4n) is 2.30. The third kappa shape index (κ3) is 5.32. The summed E-state index contributed by atoms with van der Waals surface area (Å²) >= 11 is 5.25. The van der Waals surface area contributed by atoms with Gasteiger partial charge in [0.25, 0.3) is 0 Å². The highest BCUT2D eigenvalue weighted by atomic mass is 32.1. The van der Waals surface area contributed by atoms with E-state index in [1.807, 2.05) is 48.5 Å². The van der Waals surface area contributed by atoms with Crippen molar-refractivity contribution in [3.8, 4) is 0 Å². The van der Waals surface area contributed by atoms with Crippen LogP contribution in [0.3, 0.4) is 0 Å². The van der Waals surface area contributed by atoms with Crippen LogP contribution in [-0.2, 0) is 4.79 Å². The highest BCUT2D eigenvalue weighted by Gasteiger charge is 2.10. The van der Waals surface area contributed by atoms with E-state index in [2.05, 4.69) is 30.5 Å². The van der Waals surface area contributed by atoms with Crippen molar-refractivity contribution in [1.29, 1.82) is 0 Å². The van der Waals surface area contributed by atoms with E-state index in [1.54, 1.807) is 6.08 Å². The number of para-hydroxylation sites is 1. The van der Waals surface area contributed by atoms with Gasteiger partial charge in [-0.25, -0.2) is 0 Å². The van der Waals surface area contributed by atoms with Gasteiger partial charge in [0, 0.05) is 11.8 Å². The highest BCUT2D eigenvalue weighted by molar-refractivity contribution is 7.80. The van der Waals surface area contributed by atoms with Gasteiger partial charge in [0.1, 0.15) is 0 Å². The van der Waals surface area contributed by atoms with Crippen LogP contribution in [0.1, 0.15) is 37.3 Å². The van der Waals surface area contributed by atoms with E-state index in [1.165, 1.54) is 11.6 Å². The predicted molar refractivity (Wildman–Crippen MR) is 105 cm³/mol. The topological polar surface area (TPSA) is 41.1 Å². The van der Waals surface area contributed by atoms with Crippen molar-refractivity contribution in [2.75, 3.05) is 5.32 Å². The Balaban J connectivity index is 1.96. The van der Waals surface area contributed by atoms with Crippen LogP contribution in [0, 0.1) is 0 Å². The van der Waals surface area contributed by atoms with Crippen LogP contribution in [0.2, 0.25) is 0 Å². The van der Waals surface area contributed by atoms with E-state index >= 15 is 0 Å². The Morgan fingerprint density at radius 2 is 1.79 bits per heavy atom. The molecule has 24 heavy (non-hydrogen) atoms. The van der Waals surface area contributed by atoms with Gasteiger partial charge in [0.05, 0.1) is 0 Å². The summed E-state index contributed by atoms with van der Waals surface area (Å²) in [7, 11) is 0. The Morgan fingerprint density at radius 3 is 2.50 bits per heavy atom. The van der Waals surface area contributed by atoms with Gasteiger partial charge in [-0.2, -0.15) is 0 Å². The Hall–Kier alpha value is -2.46. The van der Waals surface area contributed by atoms with Crippen LogP contribution in [0.25, 0.3) is 6.08 Å². The second kappa shape index (κ2) is 8.99. The Morgan fingerprint density at radius 1 is 1.12 bits per heavy atom. The third-order valence-electron chi connectivity index (χ3n) is 3.82. The number of carbonyl (C=O) groups excluding carboxylic acids is 1. The van der Waals surface area contributed by atoms with Gasteiger partial charge in [0.2, 0.25) is 5.91 Å². The van der Waals surface area contributed by atoms with Gasteiger partial charge in [-0.3, -0.25) is 10.1 Å². The van der Waals surface area contributed by atoms with Crippen molar-refractivity contribution >= 4 is 35.0 Å². The molecule has 0 saturated heterocycles. The van der Waals surface area contributed by atoms with E-state index in [0.717, 1.165) is 17.7 Å². The molecule has 124 valence electrons. The molecule has 0 aliphatic carbocycles. The second-order valence-electron chi connectivity index (χ2n) is 5.58. The molecule has 1 amide bonds. The largest absolute Gasteiger partial charge is 0.332 e. The molecule has 2 rings (SSSR count). The molecule has 4 heteroatoms. The van der Waals surface area contributed by atoms with Crippen LogP contribution in [0.15, 0.2) is 60.7 Å². The molecule has 0 radical (unpaired) electrons. The smallest absolute Gasteiger partial charge is 0.250 e. The van der Waals surface area contributed by atoms with E-state index in [0.29, 0.717) is 11.0 Å². The molecule has 2 N–H and O–H groups in total. The molecule has 0 bridgehead atoms. The molecule has 2 aromatic carbocycles. The lowest BCUT2D eigenvalue weighted by Crippen LogP contribution is -2.33. The second-order valence-corrected chi connectivity index (χ2v) is 5.99. The lowest BCUT2D eigenvalue weighted by molar-refractivity contribution is -0.115. The van der Waals surface area contributed by atoms with E-state index in [4.69, 9.17) is 12.2 Å². The fourth-order valence-corrected chi connectivity index (χ4v) is 2.51. The molecular weight excluding hydrogens is 316 g/mol. The van der Waals surface area contributed by atoms with Crippen LogP contribution in [0.5, 0.6) is 0 Å². The van der Waals surface area contributed by atoms with Crippen molar-refractivity contribution in [3.05, 3.63) is 71.8 Å². The highest BCUT2D eigenvalue weighted by Crippen LogP contribution is 2.26. The number of hydrogen-bond donors (Lipinski definition) is 2. The quantitative estimate of drug-likeness (QED) is 0.612. The van der Waals surface area contributed by atoms with E-state index in [-0.39, 0.29) is 5.91 Å². The minimum absolute atomic E-state index is 0.252. The number of hydrogen-bond acceptors (Lipinski definition) is 2. The number of thiocarbonyl (C=S) groups is 1. The normalized spacial score (nSPS) is 11.9. The van der Waals surface area contributed by atoms with Gasteiger partial charge in [0.15, 0.2) is 5.11 Å². The molecular formula is C20H22N2OS. The average molecular weight is 338 g/mol. The van der Waals surface area contributed by atoms with Crippen molar-refractivity contribution in [3.63, 3.8) is 0 Å². The first-order valence-corrected chi connectivity index (χ1v) is 8.45. The van der Waals surface area contributed by atoms with Crippen LogP contribution in [-0.4, -0.2) is 11.0 Å². The maximum absolute atomic E-state index is 12.0. The van der Waals surface area contributed by atoms with Gasteiger partial charge < -0.3 is 5.32 Å². The summed E-state index contributed by atoms with van der Waals surface area (Å²) < 4.78 is 0. The minimum atomic E-state index is -0.252. The molecule has 0 aromatic heterocycles. The number of carbonyl (C=O) groups is 1. The summed E-state index contributed by atoms with van der Waals surface area (Å²) in [5.41, 5.74) is 3.09. The standard InChI is InChI=1S/C20H22N2OS/c1-3-15(2)17-11-7-8-12-18(17)21-20(24)22-19(23)14-13-16-9-5-4-6-10-16/h4-15H,3H2,1-2H3,(H2,21,22,23,24)/b14-13+/t15-/m1/s1. The zero-order valence-corrected chi connectivity index (χ0v) is 14.8. The molecule has 1 atom stereocenters. The minimum Gasteiger partial charge on any atom is -0.332 e. The Kier molecular flexibility index (Phi) is 6.70. The SMILES string of the molecule is CC[C@@H](C)c1ccccc1NC(=S)NC(=O)/C=C/c1ccccc1. The molecule has 0 unspecified atom stereocenters. The molecule has 0 fully saturated rings. The predicted octanol–water partition coefficient (Wildman–Crippen LogP) is 4.73. The number of anilines is 1. The average Bonchev–Trinajstić information content (AvgIpc) is 2.60. The summed E-state index contributed by atoms with van der Waals surface area (Å²) in [6.07, 6.45) is 4.27. The molecule has 0 aliphatic heterocycles. The van der Waals surface area contributed by atoms with Gasteiger partial charge in [-0.15, -0.1) is 0 Å². The monoisotopic (exact) mass is 338 g/mol. The molecule has 0 saturated carbocycles. The molecule has 0 aliphatic rings. The van der Waals surface area contributed by atoms with Crippen LogP contribution >= 0.6 is 12.2 Å². The summed E-state index contributed by atoms with van der Waals surface area (Å²) in [4.78, 5) is 12.0. The number of rotatable bonds is 5. The zero-order valence-electron chi connectivity index (χ0n) is 14.0. The first kappa shape index (κ1) is 17.9. The summed E-state index contributed by atoms with van der Waals surface area (Å²) in [6.45, 7) is 4.32. The van der Waals surface area contributed by atoms with Crippen molar-refractivity contribution in [1.82, 2.24) is 5.32 Å². The van der Waals surface area contributed by atoms with Gasteiger partial charge >= 0.3 is 0 Å². The number of benzene rings is 2. The lowest BCUT2D eigenvalue weighted by atomic mass is 9.97. The van der Waals surface area contributed by atoms with Crippen molar-refractivity contribution < 1.29 is 4.79 Å². The summed E-state index contributed by atoms with van der Waals surface area (Å²) in [5.74, 6) is 0.169. The Labute approximate surface area is 148 Å². The van der Waals surface area contributed by atoms with E-state index < -0.39 is 0 Å². The first-order valence-electron chi connectivity index (χ1n) is 8.04. The first-order chi connectivity index (χ1) is 11.6. The maximum Gasteiger partial charge on any atom is 0.250 e. The maximum atomic E-state index is 12.0. The van der Waals surface area contributed by atoms with Gasteiger partial charge in [-0.05, 0) is 47.8 Å². The summed E-state index contributed by atoms with van der Waals surface area (Å²) in [6, 6.07) is 17.7. The zero-order chi connectivity index (χ0) is 17.4. The van der Waals surface area contributed by atoms with Crippen LogP contribution < -0.4 is 10.6 Å². The van der Waals surface area contributed by atoms with Crippen molar-refractivity contribution in [2.45, 2.75) is 26.2 Å². The Bertz CT molecular complexity index is 725. The molecule has 0 heterocycles. The molecule has 0 spiro atoms. The van der Waals surface area contributed by atoms with E-state index in [9.17, 15) is 4.79 Å². The molecule has 3 nitrogen and oxygen atoms in total. The third-order valence-corrected chi connectivity index (χ3v) is 4.02. The van der Waals surface area contributed by atoms with Gasteiger partial charge in [-0.1, -0.05) is 62.4 Å². The number of amides is 1.